The Morgan fingerprint density at radius 3 is 1.89 bits per heavy atom. The molecule has 0 aromatic heterocycles. The lowest BCUT2D eigenvalue weighted by Crippen LogP contribution is -2.38. The number of rotatable bonds is 8. The molecule has 1 aliphatic heterocycles. The molecule has 9 heteroatoms. The highest BCUT2D eigenvalue weighted by Gasteiger charge is 2.42. The summed E-state index contributed by atoms with van der Waals surface area (Å²) in [6.07, 6.45) is 1.54. The molecule has 9 nitrogen and oxygen atoms in total. The van der Waals surface area contributed by atoms with E-state index in [1.165, 1.54) is 0 Å². The first-order chi connectivity index (χ1) is 12.8. The molecular formula is C18H25NO8. The number of unbranched alkanes of at least 4 members (excludes halogenated alkanes) is 1. The lowest BCUT2D eigenvalue weighted by Gasteiger charge is -2.28. The smallest absolute Gasteiger partial charge is 0.344 e. The maximum atomic E-state index is 12.6. The predicted octanol–water partition coefficient (Wildman–Crippen LogP) is 0.986. The van der Waals surface area contributed by atoms with E-state index in [0.29, 0.717) is 17.8 Å². The minimum Gasteiger partial charge on any atom is -0.466 e. The first-order valence-electron chi connectivity index (χ1n) is 8.45. The van der Waals surface area contributed by atoms with Crippen molar-refractivity contribution in [3.63, 3.8) is 0 Å². The summed E-state index contributed by atoms with van der Waals surface area (Å²) in [4.78, 5) is 48.6. The molecule has 1 N–H and O–H groups in total. The normalized spacial score (nSPS) is 14.4. The molecule has 0 atom stereocenters. The van der Waals surface area contributed by atoms with E-state index in [2.05, 4.69) is 5.32 Å². The highest BCUT2D eigenvalue weighted by atomic mass is 16.6. The Kier molecular flexibility index (Phi) is 8.50. The second-order valence-corrected chi connectivity index (χ2v) is 5.80. The number of dihydropyridines is 1. The van der Waals surface area contributed by atoms with Gasteiger partial charge in [0, 0.05) is 11.4 Å². The molecule has 0 bridgehead atoms. The largest absolute Gasteiger partial charge is 0.466 e. The van der Waals surface area contributed by atoms with Gasteiger partial charge in [-0.2, -0.15) is 0 Å². The Bertz CT molecular complexity index is 639. The monoisotopic (exact) mass is 383 g/mol. The van der Waals surface area contributed by atoms with E-state index in [1.54, 1.807) is 13.8 Å². The van der Waals surface area contributed by atoms with Gasteiger partial charge in [0.25, 0.3) is 0 Å². The first kappa shape index (κ1) is 22.2. The van der Waals surface area contributed by atoms with Gasteiger partial charge in [0.1, 0.15) is 5.92 Å². The van der Waals surface area contributed by atoms with Crippen LogP contribution in [-0.4, -0.2) is 51.3 Å². The van der Waals surface area contributed by atoms with Crippen LogP contribution in [0, 0.1) is 5.92 Å². The third-order valence-corrected chi connectivity index (χ3v) is 3.90. The molecule has 1 aliphatic rings. The molecule has 0 aromatic carbocycles. The molecule has 0 amide bonds. The van der Waals surface area contributed by atoms with Gasteiger partial charge in [-0.3, -0.25) is 4.79 Å². The van der Waals surface area contributed by atoms with E-state index in [1.807, 2.05) is 6.92 Å². The maximum Gasteiger partial charge on any atom is 0.344 e. The van der Waals surface area contributed by atoms with Crippen molar-refractivity contribution in [2.24, 2.45) is 5.92 Å². The van der Waals surface area contributed by atoms with Crippen molar-refractivity contribution in [2.45, 2.75) is 33.6 Å². The summed E-state index contributed by atoms with van der Waals surface area (Å²) < 4.78 is 19.3. The van der Waals surface area contributed by atoms with Crippen molar-refractivity contribution in [3.05, 3.63) is 22.5 Å². The fourth-order valence-corrected chi connectivity index (χ4v) is 2.58. The second-order valence-electron chi connectivity index (χ2n) is 5.80. The number of hydrogen-bond acceptors (Lipinski definition) is 9. The van der Waals surface area contributed by atoms with Crippen LogP contribution in [0.4, 0.5) is 0 Å². The number of methoxy groups -OCH3 is 2. The molecular weight excluding hydrogens is 358 g/mol. The summed E-state index contributed by atoms with van der Waals surface area (Å²) in [5, 5.41) is 2.85. The van der Waals surface area contributed by atoms with Gasteiger partial charge in [-0.05, 0) is 20.3 Å². The Labute approximate surface area is 157 Å². The van der Waals surface area contributed by atoms with Gasteiger partial charge in [-0.25, -0.2) is 14.4 Å². The van der Waals surface area contributed by atoms with E-state index >= 15 is 0 Å². The van der Waals surface area contributed by atoms with Crippen LogP contribution < -0.4 is 5.32 Å². The number of carbonyl (C=O) groups is 4. The zero-order valence-corrected chi connectivity index (χ0v) is 16.2. The molecule has 0 fully saturated rings. The number of esters is 4. The van der Waals surface area contributed by atoms with Crippen LogP contribution in [-0.2, 0) is 38.1 Å². The molecule has 0 radical (unpaired) electrons. The van der Waals surface area contributed by atoms with Gasteiger partial charge in [-0.1, -0.05) is 13.3 Å². The van der Waals surface area contributed by atoms with Crippen molar-refractivity contribution in [3.8, 4) is 0 Å². The Morgan fingerprint density at radius 1 is 0.926 bits per heavy atom. The van der Waals surface area contributed by atoms with Gasteiger partial charge in [0.2, 0.25) is 0 Å². The molecule has 0 spiro atoms. The molecule has 27 heavy (non-hydrogen) atoms. The molecule has 150 valence electrons. The highest BCUT2D eigenvalue weighted by Crippen LogP contribution is 2.32. The molecule has 1 heterocycles. The summed E-state index contributed by atoms with van der Waals surface area (Å²) in [5.41, 5.74) is 0.486. The van der Waals surface area contributed by atoms with Crippen LogP contribution in [0.2, 0.25) is 0 Å². The standard InChI is InChI=1S/C18H25NO8/c1-6-7-8-26-12(20)9-27-18(23)15-13(16(21)24-4)10(2)19-11(3)14(15)17(22)25-5/h15,19H,6-9H2,1-5H3. The molecule has 0 aromatic rings. The van der Waals surface area contributed by atoms with Crippen LogP contribution in [0.15, 0.2) is 22.5 Å². The Morgan fingerprint density at radius 2 is 1.44 bits per heavy atom. The van der Waals surface area contributed by atoms with E-state index < -0.39 is 36.4 Å². The number of ether oxygens (including phenoxy) is 4. The summed E-state index contributed by atoms with van der Waals surface area (Å²) in [7, 11) is 2.30. The minimum atomic E-state index is -1.38. The number of hydrogen-bond donors (Lipinski definition) is 1. The van der Waals surface area contributed by atoms with E-state index in [-0.39, 0.29) is 17.8 Å². The summed E-state index contributed by atoms with van der Waals surface area (Å²) >= 11 is 0. The van der Waals surface area contributed by atoms with Gasteiger partial charge in [0.15, 0.2) is 6.61 Å². The Hall–Kier alpha value is -2.84. The van der Waals surface area contributed by atoms with Crippen molar-refractivity contribution in [2.75, 3.05) is 27.4 Å². The number of allylic oxidation sites excluding steroid dienone is 2. The van der Waals surface area contributed by atoms with Crippen molar-refractivity contribution >= 4 is 23.9 Å². The average Bonchev–Trinajstić information content (AvgIpc) is 2.64. The maximum absolute atomic E-state index is 12.6. The first-order valence-corrected chi connectivity index (χ1v) is 8.45. The molecule has 0 saturated carbocycles. The predicted molar refractivity (Wildman–Crippen MR) is 92.9 cm³/mol. The lowest BCUT2D eigenvalue weighted by molar-refractivity contribution is -0.161. The van der Waals surface area contributed by atoms with E-state index in [9.17, 15) is 19.2 Å². The van der Waals surface area contributed by atoms with Gasteiger partial charge >= 0.3 is 23.9 Å². The topological polar surface area (TPSA) is 117 Å². The summed E-state index contributed by atoms with van der Waals surface area (Å²) in [6.45, 7) is 4.65. The molecule has 0 saturated heterocycles. The van der Waals surface area contributed by atoms with E-state index in [0.717, 1.165) is 20.6 Å². The summed E-state index contributed by atoms with van der Waals surface area (Å²) in [6, 6.07) is 0. The zero-order chi connectivity index (χ0) is 20.6. The van der Waals surface area contributed by atoms with Crippen LogP contribution >= 0.6 is 0 Å². The fraction of sp³-hybridized carbons (Fsp3) is 0.556. The van der Waals surface area contributed by atoms with Gasteiger partial charge < -0.3 is 24.3 Å². The molecule has 0 aliphatic carbocycles. The van der Waals surface area contributed by atoms with Crippen molar-refractivity contribution < 1.29 is 38.1 Å². The molecule has 0 unspecified atom stereocenters. The third kappa shape index (κ3) is 5.57. The quantitative estimate of drug-likeness (QED) is 0.372. The number of nitrogens with one attached hydrogen (secondary N) is 1. The number of carbonyl (C=O) groups excluding carboxylic acids is 4. The fourth-order valence-electron chi connectivity index (χ4n) is 2.58. The van der Waals surface area contributed by atoms with Crippen LogP contribution in [0.3, 0.4) is 0 Å². The average molecular weight is 383 g/mol. The van der Waals surface area contributed by atoms with Gasteiger partial charge in [-0.15, -0.1) is 0 Å². The Balaban J connectivity index is 3.07. The van der Waals surface area contributed by atoms with Crippen LogP contribution in [0.5, 0.6) is 0 Å². The van der Waals surface area contributed by atoms with Crippen LogP contribution in [0.25, 0.3) is 0 Å². The van der Waals surface area contributed by atoms with Gasteiger partial charge in [0.05, 0.1) is 32.0 Å². The van der Waals surface area contributed by atoms with E-state index in [4.69, 9.17) is 18.9 Å². The highest BCUT2D eigenvalue weighted by molar-refractivity contribution is 6.05. The second kappa shape index (κ2) is 10.3. The van der Waals surface area contributed by atoms with Crippen molar-refractivity contribution in [1.82, 2.24) is 5.32 Å². The summed E-state index contributed by atoms with van der Waals surface area (Å²) in [5.74, 6) is -4.66. The minimum absolute atomic E-state index is 0.0900. The third-order valence-electron chi connectivity index (χ3n) is 3.90. The lowest BCUT2D eigenvalue weighted by atomic mass is 9.85. The van der Waals surface area contributed by atoms with Crippen molar-refractivity contribution in [1.29, 1.82) is 0 Å². The molecule has 1 rings (SSSR count). The van der Waals surface area contributed by atoms with Crippen LogP contribution in [0.1, 0.15) is 33.6 Å². The zero-order valence-electron chi connectivity index (χ0n) is 16.2. The SMILES string of the molecule is CCCCOC(=O)COC(=O)C1C(C(=O)OC)=C(C)NC(C)=C1C(=O)OC.